The molecule has 0 bridgehead atoms. The molecule has 1 aliphatic rings. The van der Waals surface area contributed by atoms with Crippen LogP contribution in [0, 0.1) is 6.57 Å². The van der Waals surface area contributed by atoms with Gasteiger partial charge in [0.05, 0.1) is 33.3 Å². The Labute approximate surface area is 222 Å². The summed E-state index contributed by atoms with van der Waals surface area (Å²) in [5.41, 5.74) is 2.61. The first-order chi connectivity index (χ1) is 18.0. The molecule has 12 heteroatoms. The summed E-state index contributed by atoms with van der Waals surface area (Å²) in [4.78, 5) is 30.5. The van der Waals surface area contributed by atoms with Crippen molar-refractivity contribution in [2.45, 2.75) is 31.7 Å². The molecule has 1 saturated heterocycles. The average Bonchev–Trinajstić information content (AvgIpc) is 3.51. The number of anilines is 1. The van der Waals surface area contributed by atoms with Crippen LogP contribution in [0.15, 0.2) is 36.7 Å². The minimum atomic E-state index is -0.0989. The number of aryl methyl sites for hydroxylation is 1. The van der Waals surface area contributed by atoms with Gasteiger partial charge in [0.1, 0.15) is 0 Å². The average molecular weight is 537 g/mol. The molecule has 0 aliphatic carbocycles. The molecule has 4 aromatic rings. The minimum absolute atomic E-state index is 0.0405. The Morgan fingerprint density at radius 1 is 1.32 bits per heavy atom. The summed E-state index contributed by atoms with van der Waals surface area (Å²) < 4.78 is 3.91. The van der Waals surface area contributed by atoms with Crippen molar-refractivity contribution in [3.05, 3.63) is 58.0 Å². The SMILES string of the molecule is [C-]#[N+]c1nsc(CCCNC(=O)N2CCC(Nc3ncc(Cl)c(-c4c[nH]c5ccccc45)n3)CC2)c1O. The van der Waals surface area contributed by atoms with Gasteiger partial charge in [-0.05, 0) is 31.7 Å². The van der Waals surface area contributed by atoms with E-state index in [0.29, 0.717) is 54.0 Å². The number of para-hydroxylation sites is 1. The van der Waals surface area contributed by atoms with Gasteiger partial charge < -0.3 is 30.5 Å². The molecule has 4 N–H and O–H groups in total. The van der Waals surface area contributed by atoms with Gasteiger partial charge in [-0.3, -0.25) is 0 Å². The fraction of sp³-hybridized carbons (Fsp3) is 0.320. The summed E-state index contributed by atoms with van der Waals surface area (Å²) in [6.07, 6.45) is 6.29. The lowest BCUT2D eigenvalue weighted by atomic mass is 10.1. The first-order valence-electron chi connectivity index (χ1n) is 12.0. The van der Waals surface area contributed by atoms with E-state index in [2.05, 4.69) is 29.8 Å². The summed E-state index contributed by atoms with van der Waals surface area (Å²) in [5, 5.41) is 17.8. The molecule has 2 amide bonds. The van der Waals surface area contributed by atoms with Crippen LogP contribution in [0.5, 0.6) is 5.75 Å². The highest BCUT2D eigenvalue weighted by molar-refractivity contribution is 7.06. The summed E-state index contributed by atoms with van der Waals surface area (Å²) in [6.45, 7) is 8.69. The third kappa shape index (κ3) is 5.45. The summed E-state index contributed by atoms with van der Waals surface area (Å²) in [7, 11) is 0. The second-order valence-corrected chi connectivity index (χ2v) is 10.0. The number of amides is 2. The van der Waals surface area contributed by atoms with Crippen molar-refractivity contribution in [1.29, 1.82) is 0 Å². The number of aromatic nitrogens is 4. The lowest BCUT2D eigenvalue weighted by Gasteiger charge is -2.32. The van der Waals surface area contributed by atoms with Gasteiger partial charge in [0.25, 0.3) is 0 Å². The molecule has 37 heavy (non-hydrogen) atoms. The van der Waals surface area contributed by atoms with Crippen molar-refractivity contribution >= 4 is 51.8 Å². The standard InChI is InChI=1S/C25H25ClN8O2S/c1-27-23-22(35)20(37-33-23)7-4-10-28-25(36)34-11-8-15(9-12-34)31-24-30-14-18(26)21(32-24)17-13-29-19-6-3-2-5-16(17)19/h2-3,5-6,13-15,29,35H,4,7-12H2,(H,28,36)(H,30,31,32). The van der Waals surface area contributed by atoms with E-state index >= 15 is 0 Å². The van der Waals surface area contributed by atoms with Crippen LogP contribution in [0.1, 0.15) is 24.1 Å². The van der Waals surface area contributed by atoms with Gasteiger partial charge in [-0.2, -0.15) is 0 Å². The Kier molecular flexibility index (Phi) is 7.39. The molecule has 10 nitrogen and oxygen atoms in total. The van der Waals surface area contributed by atoms with E-state index in [4.69, 9.17) is 23.2 Å². The molecule has 0 radical (unpaired) electrons. The number of nitrogens with one attached hydrogen (secondary N) is 3. The molecular formula is C25H25ClN8O2S. The number of fused-ring (bicyclic) bond motifs is 1. The van der Waals surface area contributed by atoms with E-state index in [1.807, 2.05) is 30.5 Å². The van der Waals surface area contributed by atoms with Crippen LogP contribution in [0.25, 0.3) is 27.0 Å². The number of nitrogens with zero attached hydrogens (tertiary/aromatic N) is 5. The van der Waals surface area contributed by atoms with E-state index < -0.39 is 0 Å². The van der Waals surface area contributed by atoms with Crippen molar-refractivity contribution in [2.24, 2.45) is 0 Å². The molecule has 5 rings (SSSR count). The zero-order chi connectivity index (χ0) is 25.8. The zero-order valence-electron chi connectivity index (χ0n) is 19.9. The highest BCUT2D eigenvalue weighted by Gasteiger charge is 2.24. The van der Waals surface area contributed by atoms with Gasteiger partial charge in [-0.25, -0.2) is 14.8 Å². The Morgan fingerprint density at radius 2 is 2.14 bits per heavy atom. The number of benzene rings is 1. The maximum atomic E-state index is 12.6. The van der Waals surface area contributed by atoms with Crippen molar-refractivity contribution in [1.82, 2.24) is 29.5 Å². The first kappa shape index (κ1) is 24.8. The number of rotatable bonds is 7. The van der Waals surface area contributed by atoms with Gasteiger partial charge in [0, 0.05) is 48.3 Å². The van der Waals surface area contributed by atoms with Crippen molar-refractivity contribution in [3.63, 3.8) is 0 Å². The first-order valence-corrected chi connectivity index (χ1v) is 13.1. The normalized spacial score (nSPS) is 14.0. The number of carbonyl (C=O) groups excluding carboxylic acids is 1. The minimum Gasteiger partial charge on any atom is -0.516 e. The van der Waals surface area contributed by atoms with Crippen molar-refractivity contribution < 1.29 is 9.90 Å². The third-order valence-corrected chi connectivity index (χ3v) is 7.54. The molecule has 0 unspecified atom stereocenters. The van der Waals surface area contributed by atoms with E-state index in [9.17, 15) is 9.90 Å². The quantitative estimate of drug-likeness (QED) is 0.190. The number of halogens is 1. The topological polar surface area (TPSA) is 123 Å². The zero-order valence-corrected chi connectivity index (χ0v) is 21.4. The predicted octanol–water partition coefficient (Wildman–Crippen LogP) is 5.21. The summed E-state index contributed by atoms with van der Waals surface area (Å²) >= 11 is 7.57. The van der Waals surface area contributed by atoms with Crippen LogP contribution in [0.3, 0.4) is 0 Å². The Hall–Kier alpha value is -3.88. The van der Waals surface area contributed by atoms with E-state index in [-0.39, 0.29) is 23.6 Å². The number of piperidine rings is 1. The van der Waals surface area contributed by atoms with Crippen LogP contribution in [-0.2, 0) is 6.42 Å². The van der Waals surface area contributed by atoms with Crippen LogP contribution >= 0.6 is 23.1 Å². The number of likely N-dealkylation sites (tertiary alicyclic amines) is 1. The van der Waals surface area contributed by atoms with E-state index in [1.165, 1.54) is 0 Å². The lowest BCUT2D eigenvalue weighted by Crippen LogP contribution is -2.47. The van der Waals surface area contributed by atoms with Gasteiger partial charge >= 0.3 is 11.8 Å². The third-order valence-electron chi connectivity index (χ3n) is 6.38. The lowest BCUT2D eigenvalue weighted by molar-refractivity contribution is 0.183. The maximum Gasteiger partial charge on any atom is 0.326 e. The molecule has 3 aromatic heterocycles. The number of H-pyrrole nitrogens is 1. The molecule has 1 fully saturated rings. The highest BCUT2D eigenvalue weighted by Crippen LogP contribution is 2.34. The van der Waals surface area contributed by atoms with Gasteiger partial charge in [-0.15, -0.1) is 0 Å². The number of carbonyl (C=O) groups is 1. The van der Waals surface area contributed by atoms with Gasteiger partial charge in [0.2, 0.25) is 5.95 Å². The predicted molar refractivity (Wildman–Crippen MR) is 144 cm³/mol. The summed E-state index contributed by atoms with van der Waals surface area (Å²) in [5.74, 6) is 0.512. The number of aromatic amines is 1. The number of aromatic hydroxyl groups is 1. The van der Waals surface area contributed by atoms with Crippen LogP contribution in [0.2, 0.25) is 5.02 Å². The molecular weight excluding hydrogens is 512 g/mol. The van der Waals surface area contributed by atoms with Crippen molar-refractivity contribution in [2.75, 3.05) is 25.0 Å². The maximum absolute atomic E-state index is 12.6. The van der Waals surface area contributed by atoms with E-state index in [0.717, 1.165) is 40.8 Å². The Balaban J connectivity index is 1.11. The van der Waals surface area contributed by atoms with Crippen LogP contribution < -0.4 is 10.6 Å². The molecule has 1 aromatic carbocycles. The van der Waals surface area contributed by atoms with Crippen LogP contribution in [0.4, 0.5) is 16.6 Å². The fourth-order valence-corrected chi connectivity index (χ4v) is 5.34. The molecule has 1 aliphatic heterocycles. The number of urea groups is 1. The highest BCUT2D eigenvalue weighted by atomic mass is 35.5. The molecule has 0 saturated carbocycles. The number of hydrogen-bond acceptors (Lipinski definition) is 7. The Morgan fingerprint density at radius 3 is 2.92 bits per heavy atom. The smallest absolute Gasteiger partial charge is 0.326 e. The largest absolute Gasteiger partial charge is 0.516 e. The second-order valence-electron chi connectivity index (χ2n) is 8.77. The summed E-state index contributed by atoms with van der Waals surface area (Å²) in [6, 6.07) is 8.05. The molecule has 4 heterocycles. The Bertz CT molecular complexity index is 1450. The van der Waals surface area contributed by atoms with Crippen molar-refractivity contribution in [3.8, 4) is 17.0 Å². The molecule has 0 atom stereocenters. The van der Waals surface area contributed by atoms with Gasteiger partial charge in [-0.1, -0.05) is 40.7 Å². The number of hydrogen-bond donors (Lipinski definition) is 4. The van der Waals surface area contributed by atoms with E-state index in [1.54, 1.807) is 11.1 Å². The molecule has 190 valence electrons. The van der Waals surface area contributed by atoms with Gasteiger partial charge in [0.15, 0.2) is 5.75 Å². The monoisotopic (exact) mass is 536 g/mol. The van der Waals surface area contributed by atoms with Crippen LogP contribution in [-0.4, -0.2) is 61.0 Å². The fourth-order valence-electron chi connectivity index (χ4n) is 4.41. The molecule has 0 spiro atoms. The second kappa shape index (κ2) is 11.0.